The van der Waals surface area contributed by atoms with Gasteiger partial charge in [0.15, 0.2) is 0 Å². The van der Waals surface area contributed by atoms with E-state index in [1.54, 1.807) is 0 Å². The molecule has 1 aromatic carbocycles. The van der Waals surface area contributed by atoms with Crippen LogP contribution in [-0.4, -0.2) is 14.5 Å². The molecular formula is C17H27NO2S. The van der Waals surface area contributed by atoms with E-state index in [-0.39, 0.29) is 6.04 Å². The summed E-state index contributed by atoms with van der Waals surface area (Å²) < 4.78 is 28.7. The van der Waals surface area contributed by atoms with Crippen LogP contribution >= 0.6 is 0 Å². The van der Waals surface area contributed by atoms with Gasteiger partial charge < -0.3 is 0 Å². The third-order valence-electron chi connectivity index (χ3n) is 4.98. The van der Waals surface area contributed by atoms with Crippen molar-refractivity contribution >= 4 is 10.0 Å². The van der Waals surface area contributed by atoms with E-state index < -0.39 is 10.0 Å². The minimum absolute atomic E-state index is 0.0726. The minimum Gasteiger partial charge on any atom is -0.208 e. The van der Waals surface area contributed by atoms with Gasteiger partial charge in [-0.3, -0.25) is 0 Å². The fourth-order valence-corrected chi connectivity index (χ4v) is 5.33. The highest BCUT2D eigenvalue weighted by Crippen LogP contribution is 2.29. The summed E-state index contributed by atoms with van der Waals surface area (Å²) in [6, 6.07) is 2.13. The van der Waals surface area contributed by atoms with E-state index >= 15 is 0 Å². The molecule has 0 spiro atoms. The zero-order chi connectivity index (χ0) is 15.8. The van der Waals surface area contributed by atoms with Crippen molar-refractivity contribution < 1.29 is 8.42 Å². The van der Waals surface area contributed by atoms with Crippen molar-refractivity contribution in [1.29, 1.82) is 0 Å². The molecule has 0 amide bonds. The van der Waals surface area contributed by atoms with Gasteiger partial charge in [0.2, 0.25) is 10.0 Å². The third-order valence-corrected chi connectivity index (χ3v) is 6.75. The normalized spacial score (nSPS) is 23.3. The molecule has 1 aliphatic carbocycles. The predicted octanol–water partition coefficient (Wildman–Crippen LogP) is 3.78. The summed E-state index contributed by atoms with van der Waals surface area (Å²) in [5, 5.41) is 0. The monoisotopic (exact) mass is 309 g/mol. The van der Waals surface area contributed by atoms with Gasteiger partial charge in [-0.15, -0.1) is 0 Å². The van der Waals surface area contributed by atoms with Crippen LogP contribution in [0.2, 0.25) is 0 Å². The van der Waals surface area contributed by atoms with E-state index in [9.17, 15) is 8.42 Å². The van der Waals surface area contributed by atoms with Crippen LogP contribution in [0.5, 0.6) is 0 Å². The van der Waals surface area contributed by atoms with Gasteiger partial charge in [0.05, 0.1) is 4.90 Å². The van der Waals surface area contributed by atoms with Gasteiger partial charge in [0.1, 0.15) is 0 Å². The number of nitrogens with one attached hydrogen (secondary N) is 1. The molecule has 2 rings (SSSR count). The summed E-state index contributed by atoms with van der Waals surface area (Å²) in [6.45, 7) is 9.91. The van der Waals surface area contributed by atoms with Gasteiger partial charge in [-0.2, -0.15) is 0 Å². The van der Waals surface area contributed by atoms with E-state index in [0.29, 0.717) is 10.8 Å². The molecule has 1 aliphatic rings. The molecule has 0 heterocycles. The molecule has 0 saturated heterocycles. The third kappa shape index (κ3) is 3.32. The summed E-state index contributed by atoms with van der Waals surface area (Å²) in [5.41, 5.74) is 3.81. The molecule has 4 heteroatoms. The van der Waals surface area contributed by atoms with Crippen molar-refractivity contribution in [1.82, 2.24) is 4.72 Å². The Morgan fingerprint density at radius 2 is 1.52 bits per heavy atom. The van der Waals surface area contributed by atoms with Crippen molar-refractivity contribution in [2.75, 3.05) is 0 Å². The first-order valence-corrected chi connectivity index (χ1v) is 9.32. The van der Waals surface area contributed by atoms with Crippen LogP contribution in [0.4, 0.5) is 0 Å². The van der Waals surface area contributed by atoms with Crippen LogP contribution in [0.15, 0.2) is 11.0 Å². The summed E-state index contributed by atoms with van der Waals surface area (Å²) in [5.74, 6) is 0.417. The second kappa shape index (κ2) is 6.09. The smallest absolute Gasteiger partial charge is 0.208 e. The molecule has 1 N–H and O–H groups in total. The lowest BCUT2D eigenvalue weighted by molar-refractivity contribution is 0.310. The van der Waals surface area contributed by atoms with Crippen molar-refractivity contribution in [3.05, 3.63) is 28.3 Å². The maximum atomic E-state index is 12.9. The number of sulfonamides is 1. The number of hydrogen-bond donors (Lipinski definition) is 1. The van der Waals surface area contributed by atoms with E-state index in [1.165, 1.54) is 6.42 Å². The number of aryl methyl sites for hydroxylation is 2. The van der Waals surface area contributed by atoms with Crippen molar-refractivity contribution in [3.63, 3.8) is 0 Å². The summed E-state index contributed by atoms with van der Waals surface area (Å²) in [6.07, 6.45) is 4.38. The number of hydrogen-bond acceptors (Lipinski definition) is 2. The molecular weight excluding hydrogens is 282 g/mol. The maximum Gasteiger partial charge on any atom is 0.241 e. The van der Waals surface area contributed by atoms with E-state index in [0.717, 1.165) is 41.5 Å². The quantitative estimate of drug-likeness (QED) is 0.923. The zero-order valence-electron chi connectivity index (χ0n) is 13.8. The fraction of sp³-hybridized carbons (Fsp3) is 0.647. The molecule has 0 radical (unpaired) electrons. The molecule has 2 unspecified atom stereocenters. The molecule has 1 aromatic rings. The Kier molecular flexibility index (Phi) is 4.79. The average molecular weight is 309 g/mol. The van der Waals surface area contributed by atoms with Crippen LogP contribution in [0, 0.1) is 33.6 Å². The lowest BCUT2D eigenvalue weighted by Crippen LogP contribution is -2.41. The first-order valence-electron chi connectivity index (χ1n) is 7.83. The Bertz CT molecular complexity index is 608. The minimum atomic E-state index is -3.45. The molecule has 1 fully saturated rings. The fourth-order valence-electron chi connectivity index (χ4n) is 3.33. The maximum absolute atomic E-state index is 12.9. The standard InChI is InChI=1S/C17H27NO2S/c1-11-8-6-7-9-16(11)18-21(19,20)17-14(4)12(2)10-13(3)15(17)5/h10-11,16,18H,6-9H2,1-5H3. The van der Waals surface area contributed by atoms with Gasteiger partial charge in [0, 0.05) is 6.04 Å². The highest BCUT2D eigenvalue weighted by molar-refractivity contribution is 7.89. The summed E-state index contributed by atoms with van der Waals surface area (Å²) >= 11 is 0. The SMILES string of the molecule is Cc1cc(C)c(C)c(S(=O)(=O)NC2CCCCC2C)c1C. The second-order valence-corrected chi connectivity index (χ2v) is 8.23. The second-order valence-electron chi connectivity index (χ2n) is 6.58. The lowest BCUT2D eigenvalue weighted by atomic mass is 9.87. The first kappa shape index (κ1) is 16.5. The van der Waals surface area contributed by atoms with E-state index in [2.05, 4.69) is 17.7 Å². The molecule has 3 nitrogen and oxygen atoms in total. The van der Waals surface area contributed by atoms with Crippen molar-refractivity contribution in [3.8, 4) is 0 Å². The van der Waals surface area contributed by atoms with Gasteiger partial charge in [0.25, 0.3) is 0 Å². The Morgan fingerprint density at radius 1 is 1.00 bits per heavy atom. The van der Waals surface area contributed by atoms with Gasteiger partial charge in [-0.25, -0.2) is 13.1 Å². The molecule has 0 aromatic heterocycles. The molecule has 0 bridgehead atoms. The molecule has 1 saturated carbocycles. The Hall–Kier alpha value is -0.870. The average Bonchev–Trinajstić information content (AvgIpc) is 2.39. The summed E-state index contributed by atoms with van der Waals surface area (Å²) in [4.78, 5) is 0.484. The van der Waals surface area contributed by atoms with Crippen LogP contribution in [0.3, 0.4) is 0 Å². The Morgan fingerprint density at radius 3 is 2.05 bits per heavy atom. The Labute approximate surface area is 129 Å². The van der Waals surface area contributed by atoms with E-state index in [4.69, 9.17) is 0 Å². The lowest BCUT2D eigenvalue weighted by Gasteiger charge is -2.30. The Balaban J connectivity index is 2.40. The molecule has 2 atom stereocenters. The largest absolute Gasteiger partial charge is 0.241 e. The topological polar surface area (TPSA) is 46.2 Å². The van der Waals surface area contributed by atoms with Gasteiger partial charge >= 0.3 is 0 Å². The highest BCUT2D eigenvalue weighted by atomic mass is 32.2. The molecule has 21 heavy (non-hydrogen) atoms. The van der Waals surface area contributed by atoms with Crippen LogP contribution in [-0.2, 0) is 10.0 Å². The van der Waals surface area contributed by atoms with Crippen molar-refractivity contribution in [2.45, 2.75) is 71.2 Å². The summed E-state index contributed by atoms with van der Waals surface area (Å²) in [7, 11) is -3.45. The first-order chi connectivity index (χ1) is 9.74. The number of benzene rings is 1. The zero-order valence-corrected chi connectivity index (χ0v) is 14.6. The van der Waals surface area contributed by atoms with Gasteiger partial charge in [-0.05, 0) is 68.7 Å². The van der Waals surface area contributed by atoms with E-state index in [1.807, 2.05) is 27.7 Å². The van der Waals surface area contributed by atoms with Crippen LogP contribution in [0.25, 0.3) is 0 Å². The highest BCUT2D eigenvalue weighted by Gasteiger charge is 2.29. The van der Waals surface area contributed by atoms with Crippen molar-refractivity contribution in [2.24, 2.45) is 5.92 Å². The van der Waals surface area contributed by atoms with Gasteiger partial charge in [-0.1, -0.05) is 25.8 Å². The predicted molar refractivity (Wildman–Crippen MR) is 87.1 cm³/mol. The van der Waals surface area contributed by atoms with Crippen LogP contribution < -0.4 is 4.72 Å². The molecule has 0 aliphatic heterocycles. The molecule has 118 valence electrons. The number of rotatable bonds is 3. The van der Waals surface area contributed by atoms with Crippen LogP contribution in [0.1, 0.15) is 54.9 Å².